The molecule has 0 saturated heterocycles. The van der Waals surface area contributed by atoms with E-state index >= 15 is 0 Å². The number of benzene rings is 2. The molecule has 0 saturated carbocycles. The average Bonchev–Trinajstić information content (AvgIpc) is 3.14. The minimum atomic E-state index is -0.169. The quantitative estimate of drug-likeness (QED) is 0.473. The van der Waals surface area contributed by atoms with Crippen molar-refractivity contribution in [3.05, 3.63) is 98.9 Å². The summed E-state index contributed by atoms with van der Waals surface area (Å²) in [6.07, 6.45) is 0.636. The minimum Gasteiger partial charge on any atom is -0.396 e. The molecule has 0 amide bonds. The smallest absolute Gasteiger partial charge is 0.275 e. The number of hydrogen-bond acceptors (Lipinski definition) is 6. The van der Waals surface area contributed by atoms with E-state index in [1.54, 1.807) is 6.07 Å². The van der Waals surface area contributed by atoms with Crippen LogP contribution in [0.3, 0.4) is 0 Å². The number of hydrogen-bond donors (Lipinski definition) is 1. The second-order valence-electron chi connectivity index (χ2n) is 7.17. The summed E-state index contributed by atoms with van der Waals surface area (Å²) < 4.78 is 1.35. The molecular formula is C23H24N4O2S. The second-order valence-corrected chi connectivity index (χ2v) is 8.33. The summed E-state index contributed by atoms with van der Waals surface area (Å²) >= 11 is 1.41. The molecule has 0 aliphatic heterocycles. The third-order valence-corrected chi connectivity index (χ3v) is 5.79. The summed E-state index contributed by atoms with van der Waals surface area (Å²) in [7, 11) is 0. The molecule has 30 heavy (non-hydrogen) atoms. The molecule has 2 heterocycles. The number of aromatic nitrogens is 3. The van der Waals surface area contributed by atoms with Gasteiger partial charge in [0, 0.05) is 25.8 Å². The molecule has 0 unspecified atom stereocenters. The van der Waals surface area contributed by atoms with Crippen LogP contribution in [-0.2, 0) is 6.54 Å². The van der Waals surface area contributed by atoms with Crippen LogP contribution in [-0.4, -0.2) is 37.8 Å². The van der Waals surface area contributed by atoms with Gasteiger partial charge >= 0.3 is 0 Å². The first-order valence-electron chi connectivity index (χ1n) is 9.97. The maximum Gasteiger partial charge on any atom is 0.275 e. The zero-order chi connectivity index (χ0) is 20.9. The highest BCUT2D eigenvalue weighted by Crippen LogP contribution is 2.30. The second kappa shape index (κ2) is 9.30. The van der Waals surface area contributed by atoms with Crippen molar-refractivity contribution in [1.29, 1.82) is 0 Å². The number of aliphatic hydroxyl groups is 1. The highest BCUT2D eigenvalue weighted by Gasteiger charge is 2.23. The van der Waals surface area contributed by atoms with Crippen LogP contribution < -0.4 is 5.56 Å². The van der Waals surface area contributed by atoms with E-state index in [-0.39, 0.29) is 18.2 Å². The molecule has 4 aromatic rings. The van der Waals surface area contributed by atoms with Crippen LogP contribution in [0.15, 0.2) is 71.5 Å². The Kier molecular flexibility index (Phi) is 6.32. The molecule has 2 aromatic heterocycles. The molecule has 154 valence electrons. The van der Waals surface area contributed by atoms with Crippen LogP contribution in [0, 0.1) is 6.92 Å². The van der Waals surface area contributed by atoms with Crippen LogP contribution in [0.5, 0.6) is 0 Å². The molecule has 6 nitrogen and oxygen atoms in total. The zero-order valence-corrected chi connectivity index (χ0v) is 17.6. The fourth-order valence-electron chi connectivity index (χ4n) is 3.70. The number of aliphatic hydroxyl groups excluding tert-OH is 1. The first kappa shape index (κ1) is 20.4. The van der Waals surface area contributed by atoms with Crippen molar-refractivity contribution in [3.63, 3.8) is 0 Å². The van der Waals surface area contributed by atoms with E-state index < -0.39 is 0 Å². The monoisotopic (exact) mass is 420 g/mol. The Morgan fingerprint density at radius 3 is 2.30 bits per heavy atom. The van der Waals surface area contributed by atoms with E-state index in [1.165, 1.54) is 15.9 Å². The lowest BCUT2D eigenvalue weighted by Crippen LogP contribution is -2.32. The van der Waals surface area contributed by atoms with E-state index in [1.807, 2.05) is 43.3 Å². The molecule has 0 atom stereocenters. The molecule has 0 radical (unpaired) electrons. The van der Waals surface area contributed by atoms with Gasteiger partial charge in [-0.05, 0) is 24.5 Å². The molecular weight excluding hydrogens is 396 g/mol. The SMILES string of the molecule is Cc1nn2c(=O)cc(CN(CCCO)C(c3ccccc3)c3ccccc3)nc2s1. The molecule has 2 aromatic carbocycles. The Bertz CT molecular complexity index is 1120. The molecule has 0 aliphatic carbocycles. The minimum absolute atomic E-state index is 0.0117. The van der Waals surface area contributed by atoms with Crippen molar-refractivity contribution in [3.8, 4) is 0 Å². The number of aryl methyl sites for hydroxylation is 1. The molecule has 0 fully saturated rings. The van der Waals surface area contributed by atoms with Gasteiger partial charge in [0.25, 0.3) is 5.56 Å². The van der Waals surface area contributed by atoms with Gasteiger partial charge < -0.3 is 5.11 Å². The summed E-state index contributed by atoms with van der Waals surface area (Å²) in [5.41, 5.74) is 2.86. The fraction of sp³-hybridized carbons (Fsp3) is 0.261. The highest BCUT2D eigenvalue weighted by molar-refractivity contribution is 7.16. The van der Waals surface area contributed by atoms with Gasteiger partial charge in [-0.3, -0.25) is 9.69 Å². The predicted octanol–water partition coefficient (Wildman–Crippen LogP) is 3.43. The zero-order valence-electron chi connectivity index (χ0n) is 16.8. The molecule has 0 spiro atoms. The molecule has 0 bridgehead atoms. The lowest BCUT2D eigenvalue weighted by Gasteiger charge is -2.32. The predicted molar refractivity (Wildman–Crippen MR) is 119 cm³/mol. The maximum atomic E-state index is 12.5. The molecule has 7 heteroatoms. The summed E-state index contributed by atoms with van der Waals surface area (Å²) in [6.45, 7) is 3.15. The van der Waals surface area contributed by atoms with E-state index in [0.717, 1.165) is 16.1 Å². The van der Waals surface area contributed by atoms with Crippen LogP contribution in [0.4, 0.5) is 0 Å². The molecule has 4 rings (SSSR count). The van der Waals surface area contributed by atoms with E-state index in [2.05, 4.69) is 39.2 Å². The van der Waals surface area contributed by atoms with Crippen molar-refractivity contribution in [2.75, 3.05) is 13.2 Å². The van der Waals surface area contributed by atoms with E-state index in [4.69, 9.17) is 0 Å². The molecule has 0 aliphatic rings. The lowest BCUT2D eigenvalue weighted by molar-refractivity contribution is 0.185. The Balaban J connectivity index is 1.75. The fourth-order valence-corrected chi connectivity index (χ4v) is 4.47. The first-order valence-corrected chi connectivity index (χ1v) is 10.8. The van der Waals surface area contributed by atoms with Crippen LogP contribution in [0.1, 0.15) is 34.3 Å². The topological polar surface area (TPSA) is 70.7 Å². The van der Waals surface area contributed by atoms with Gasteiger partial charge in [-0.25, -0.2) is 4.98 Å². The van der Waals surface area contributed by atoms with E-state index in [0.29, 0.717) is 30.2 Å². The third-order valence-electron chi connectivity index (χ3n) is 4.96. The van der Waals surface area contributed by atoms with Gasteiger partial charge in [0.05, 0.1) is 11.7 Å². The van der Waals surface area contributed by atoms with Crippen molar-refractivity contribution in [1.82, 2.24) is 19.5 Å². The normalized spacial score (nSPS) is 11.6. The van der Waals surface area contributed by atoms with E-state index in [9.17, 15) is 9.90 Å². The Labute approximate surface area is 179 Å². The van der Waals surface area contributed by atoms with Crippen LogP contribution in [0.2, 0.25) is 0 Å². The highest BCUT2D eigenvalue weighted by atomic mass is 32.1. The Morgan fingerprint density at radius 1 is 1.07 bits per heavy atom. The number of rotatable bonds is 8. The van der Waals surface area contributed by atoms with Gasteiger partial charge in [0.1, 0.15) is 5.01 Å². The summed E-state index contributed by atoms with van der Waals surface area (Å²) in [5, 5.41) is 14.5. The first-order chi connectivity index (χ1) is 14.7. The van der Waals surface area contributed by atoms with Gasteiger partial charge in [-0.1, -0.05) is 72.0 Å². The van der Waals surface area contributed by atoms with Crippen molar-refractivity contribution >= 4 is 16.3 Å². The van der Waals surface area contributed by atoms with Gasteiger partial charge in [-0.15, -0.1) is 0 Å². The standard InChI is InChI=1S/C23H24N4O2S/c1-17-25-27-21(29)15-20(24-23(27)30-17)16-26(13-8-14-28)22(18-9-4-2-5-10-18)19-11-6-3-7-12-19/h2-7,9-12,15,22,28H,8,13-14,16H2,1H3. The third kappa shape index (κ3) is 4.48. The van der Waals surface area contributed by atoms with Crippen LogP contribution >= 0.6 is 11.3 Å². The summed E-state index contributed by atoms with van der Waals surface area (Å²) in [4.78, 5) is 20.1. The average molecular weight is 421 g/mol. The van der Waals surface area contributed by atoms with Crippen LogP contribution in [0.25, 0.3) is 4.96 Å². The van der Waals surface area contributed by atoms with Crippen molar-refractivity contribution < 1.29 is 5.11 Å². The van der Waals surface area contributed by atoms with Gasteiger partial charge in [0.15, 0.2) is 0 Å². The summed E-state index contributed by atoms with van der Waals surface area (Å²) in [6, 6.07) is 22.1. The van der Waals surface area contributed by atoms with Gasteiger partial charge in [-0.2, -0.15) is 9.61 Å². The number of fused-ring (bicyclic) bond motifs is 1. The Hall–Kier alpha value is -2.87. The van der Waals surface area contributed by atoms with Gasteiger partial charge in [0.2, 0.25) is 4.96 Å². The summed E-state index contributed by atoms with van der Waals surface area (Å²) in [5.74, 6) is 0. The number of nitrogens with zero attached hydrogens (tertiary/aromatic N) is 4. The lowest BCUT2D eigenvalue weighted by atomic mass is 9.96. The van der Waals surface area contributed by atoms with Crippen molar-refractivity contribution in [2.45, 2.75) is 25.9 Å². The largest absolute Gasteiger partial charge is 0.396 e. The van der Waals surface area contributed by atoms with Crippen molar-refractivity contribution in [2.24, 2.45) is 0 Å². The Morgan fingerprint density at radius 2 is 1.70 bits per heavy atom. The molecule has 1 N–H and O–H groups in total. The maximum absolute atomic E-state index is 12.5.